The van der Waals surface area contributed by atoms with E-state index in [1.54, 1.807) is 0 Å². The van der Waals surface area contributed by atoms with Crippen molar-refractivity contribution in [2.45, 2.75) is 6.42 Å². The minimum Gasteiger partial charge on any atom is -0.0832 e. The molecule has 0 N–H and O–H groups in total. The highest BCUT2D eigenvalue weighted by atomic mass is 127. The average molecular weight is 266 g/mol. The smallest absolute Gasteiger partial charge is 0.0539 e. The third kappa shape index (κ3) is 1.86. The van der Waals surface area contributed by atoms with E-state index < -0.39 is 0 Å². The van der Waals surface area contributed by atoms with Gasteiger partial charge < -0.3 is 0 Å². The van der Waals surface area contributed by atoms with E-state index in [1.807, 2.05) is 12.1 Å². The summed E-state index contributed by atoms with van der Waals surface area (Å²) < 4.78 is 1.10. The Hall–Kier alpha value is 0.240. The molecular weight excluding hydrogens is 258 g/mol. The van der Waals surface area contributed by atoms with Crippen LogP contribution in [0.3, 0.4) is 0 Å². The maximum atomic E-state index is 5.81. The maximum Gasteiger partial charge on any atom is 0.0539 e. The fraction of sp³-hybridized carbons (Fsp3) is 0.125. The Kier molecular flexibility index (Phi) is 2.98. The Bertz CT molecular complexity index is 233. The molecule has 0 nitrogen and oxygen atoms in total. The van der Waals surface area contributed by atoms with Crippen molar-refractivity contribution in [2.75, 3.05) is 0 Å². The van der Waals surface area contributed by atoms with Crippen LogP contribution in [0.25, 0.3) is 0 Å². The van der Waals surface area contributed by atoms with E-state index in [-0.39, 0.29) is 0 Å². The SMILES string of the molecule is [CH2]Cc1ccc(Cl)c(I)c1. The number of rotatable bonds is 1. The number of halogens is 2. The maximum absolute atomic E-state index is 5.81. The molecule has 0 saturated heterocycles. The van der Waals surface area contributed by atoms with Gasteiger partial charge in [0, 0.05) is 3.57 Å². The molecule has 0 amide bonds. The van der Waals surface area contributed by atoms with Crippen molar-refractivity contribution in [3.63, 3.8) is 0 Å². The Balaban J connectivity index is 3.04. The molecule has 0 spiro atoms. The van der Waals surface area contributed by atoms with Crippen molar-refractivity contribution in [2.24, 2.45) is 0 Å². The minimum atomic E-state index is 0.817. The van der Waals surface area contributed by atoms with Gasteiger partial charge in [0.15, 0.2) is 0 Å². The van der Waals surface area contributed by atoms with Gasteiger partial charge in [-0.1, -0.05) is 17.7 Å². The van der Waals surface area contributed by atoms with E-state index >= 15 is 0 Å². The molecule has 0 heterocycles. The van der Waals surface area contributed by atoms with Crippen molar-refractivity contribution >= 4 is 34.2 Å². The van der Waals surface area contributed by atoms with Gasteiger partial charge in [-0.25, -0.2) is 0 Å². The van der Waals surface area contributed by atoms with Gasteiger partial charge in [-0.15, -0.1) is 0 Å². The molecule has 0 aliphatic carbocycles. The topological polar surface area (TPSA) is 0 Å². The molecule has 10 heavy (non-hydrogen) atoms. The Morgan fingerprint density at radius 1 is 1.50 bits per heavy atom. The highest BCUT2D eigenvalue weighted by Gasteiger charge is 1.95. The first-order valence-electron chi connectivity index (χ1n) is 2.97. The molecule has 53 valence electrons. The summed E-state index contributed by atoms with van der Waals surface area (Å²) in [5.74, 6) is 0. The van der Waals surface area contributed by atoms with Crippen LogP contribution in [0.5, 0.6) is 0 Å². The van der Waals surface area contributed by atoms with Crippen LogP contribution in [-0.4, -0.2) is 0 Å². The lowest BCUT2D eigenvalue weighted by atomic mass is 10.2. The average Bonchev–Trinajstić information content (AvgIpc) is 1.95. The van der Waals surface area contributed by atoms with Gasteiger partial charge in [0.05, 0.1) is 5.02 Å². The molecule has 0 aliphatic rings. The Labute approximate surface area is 79.7 Å². The normalized spacial score (nSPS) is 9.90. The third-order valence-corrected chi connectivity index (χ3v) is 2.81. The summed E-state index contributed by atoms with van der Waals surface area (Å²) in [4.78, 5) is 0. The molecule has 0 bridgehead atoms. The van der Waals surface area contributed by atoms with Crippen LogP contribution >= 0.6 is 34.2 Å². The van der Waals surface area contributed by atoms with Crippen LogP contribution < -0.4 is 0 Å². The van der Waals surface area contributed by atoms with Crippen LogP contribution in [0, 0.1) is 10.5 Å². The second-order valence-corrected chi connectivity index (χ2v) is 3.57. The van der Waals surface area contributed by atoms with Crippen molar-refractivity contribution in [1.82, 2.24) is 0 Å². The molecule has 0 aromatic heterocycles. The molecule has 1 rings (SSSR count). The monoisotopic (exact) mass is 265 g/mol. The van der Waals surface area contributed by atoms with E-state index in [9.17, 15) is 0 Å². The summed E-state index contributed by atoms with van der Waals surface area (Å²) in [6, 6.07) is 5.96. The van der Waals surface area contributed by atoms with Crippen molar-refractivity contribution < 1.29 is 0 Å². The molecule has 0 saturated carbocycles. The summed E-state index contributed by atoms with van der Waals surface area (Å²) in [7, 11) is 0. The summed E-state index contributed by atoms with van der Waals surface area (Å²) in [5, 5.41) is 0.817. The van der Waals surface area contributed by atoms with Gasteiger partial charge >= 0.3 is 0 Å². The molecule has 1 aromatic carbocycles. The highest BCUT2D eigenvalue weighted by Crippen LogP contribution is 2.19. The van der Waals surface area contributed by atoms with Gasteiger partial charge in [-0.3, -0.25) is 0 Å². The summed E-state index contributed by atoms with van der Waals surface area (Å²) in [5.41, 5.74) is 1.23. The van der Waals surface area contributed by atoms with Crippen LogP contribution in [0.1, 0.15) is 5.56 Å². The van der Waals surface area contributed by atoms with Gasteiger partial charge in [-0.2, -0.15) is 0 Å². The van der Waals surface area contributed by atoms with E-state index in [4.69, 9.17) is 11.6 Å². The van der Waals surface area contributed by atoms with Crippen LogP contribution in [-0.2, 0) is 6.42 Å². The van der Waals surface area contributed by atoms with E-state index in [0.29, 0.717) is 0 Å². The first-order valence-corrected chi connectivity index (χ1v) is 4.43. The van der Waals surface area contributed by atoms with Crippen LogP contribution in [0.4, 0.5) is 0 Å². The first-order chi connectivity index (χ1) is 4.74. The molecular formula is C8H7ClI. The second kappa shape index (κ2) is 3.58. The zero-order chi connectivity index (χ0) is 7.56. The lowest BCUT2D eigenvalue weighted by molar-refractivity contribution is 1.26. The molecule has 1 aromatic rings. The Morgan fingerprint density at radius 3 is 2.70 bits per heavy atom. The van der Waals surface area contributed by atoms with Gasteiger partial charge in [0.1, 0.15) is 0 Å². The lowest BCUT2D eigenvalue weighted by Gasteiger charge is -1.98. The molecule has 0 fully saturated rings. The molecule has 0 aliphatic heterocycles. The second-order valence-electron chi connectivity index (χ2n) is 2.00. The van der Waals surface area contributed by atoms with Gasteiger partial charge in [-0.05, 0) is 53.6 Å². The minimum absolute atomic E-state index is 0.817. The number of hydrogen-bond donors (Lipinski definition) is 0. The van der Waals surface area contributed by atoms with Crippen LogP contribution in [0.2, 0.25) is 5.02 Å². The lowest BCUT2D eigenvalue weighted by Crippen LogP contribution is -1.81. The highest BCUT2D eigenvalue weighted by molar-refractivity contribution is 14.1. The molecule has 2 heteroatoms. The largest absolute Gasteiger partial charge is 0.0832 e. The summed E-state index contributed by atoms with van der Waals surface area (Å²) in [6.07, 6.45) is 0.827. The van der Waals surface area contributed by atoms with Crippen molar-refractivity contribution in [1.29, 1.82) is 0 Å². The fourth-order valence-electron chi connectivity index (χ4n) is 0.695. The molecule has 0 atom stereocenters. The predicted octanol–water partition coefficient (Wildman–Crippen LogP) is 3.32. The number of hydrogen-bond acceptors (Lipinski definition) is 0. The van der Waals surface area contributed by atoms with E-state index in [1.165, 1.54) is 5.56 Å². The van der Waals surface area contributed by atoms with Crippen molar-refractivity contribution in [3.8, 4) is 0 Å². The fourth-order valence-corrected chi connectivity index (χ4v) is 1.39. The number of benzene rings is 1. The molecule has 0 unspecified atom stereocenters. The summed E-state index contributed by atoms with van der Waals surface area (Å²) >= 11 is 8.02. The van der Waals surface area contributed by atoms with E-state index in [2.05, 4.69) is 35.6 Å². The third-order valence-electron chi connectivity index (χ3n) is 1.27. The van der Waals surface area contributed by atoms with Crippen molar-refractivity contribution in [3.05, 3.63) is 39.3 Å². The first kappa shape index (κ1) is 8.34. The van der Waals surface area contributed by atoms with E-state index in [0.717, 1.165) is 15.0 Å². The summed E-state index contributed by atoms with van der Waals surface area (Å²) in [6.45, 7) is 3.78. The molecule has 1 radical (unpaired) electrons. The van der Waals surface area contributed by atoms with Crippen LogP contribution in [0.15, 0.2) is 18.2 Å². The zero-order valence-corrected chi connectivity index (χ0v) is 8.32. The zero-order valence-electron chi connectivity index (χ0n) is 5.40. The standard InChI is InChI=1S/C8H7ClI/c1-2-6-3-4-7(9)8(10)5-6/h3-5H,1-2H2. The van der Waals surface area contributed by atoms with Gasteiger partial charge in [0.2, 0.25) is 0 Å². The predicted molar refractivity (Wildman–Crippen MR) is 53.2 cm³/mol. The Morgan fingerprint density at radius 2 is 2.20 bits per heavy atom. The quantitative estimate of drug-likeness (QED) is 0.683. The van der Waals surface area contributed by atoms with Gasteiger partial charge in [0.25, 0.3) is 0 Å².